The van der Waals surface area contributed by atoms with Crippen molar-refractivity contribution in [2.45, 2.75) is 38.6 Å². The van der Waals surface area contributed by atoms with Gasteiger partial charge in [0, 0.05) is 11.3 Å². The Balaban J connectivity index is 2.97. The summed E-state index contributed by atoms with van der Waals surface area (Å²) in [6.07, 6.45) is 2.06. The molecule has 0 radical (unpaired) electrons. The molecule has 5 nitrogen and oxygen atoms in total. The highest BCUT2D eigenvalue weighted by atomic mass is 35.5. The number of carbonyl (C=O) groups is 1. The van der Waals surface area contributed by atoms with Gasteiger partial charge in [0.2, 0.25) is 0 Å². The van der Waals surface area contributed by atoms with Crippen molar-refractivity contribution in [3.8, 4) is 0 Å². The van der Waals surface area contributed by atoms with Crippen LogP contribution < -0.4 is 5.32 Å². The van der Waals surface area contributed by atoms with Crippen LogP contribution in [0.3, 0.4) is 0 Å². The molecule has 1 rings (SSSR count). The van der Waals surface area contributed by atoms with E-state index in [1.165, 1.54) is 6.07 Å². The number of hydrogen-bond donors (Lipinski definition) is 3. The molecule has 0 spiro atoms. The first-order valence-electron chi connectivity index (χ1n) is 6.71. The first-order valence-corrected chi connectivity index (χ1v) is 7.08. The second-order valence-corrected chi connectivity index (χ2v) is 5.21. The molecular formula is C14H21ClN2O3. The van der Waals surface area contributed by atoms with E-state index < -0.39 is 5.54 Å². The Morgan fingerprint density at radius 3 is 2.50 bits per heavy atom. The van der Waals surface area contributed by atoms with Gasteiger partial charge in [0.1, 0.15) is 5.15 Å². The maximum Gasteiger partial charge on any atom is 0.252 e. The Kier molecular flexibility index (Phi) is 6.39. The summed E-state index contributed by atoms with van der Waals surface area (Å²) in [5, 5.41) is 21.6. The van der Waals surface area contributed by atoms with E-state index in [2.05, 4.69) is 10.3 Å². The van der Waals surface area contributed by atoms with Gasteiger partial charge < -0.3 is 15.5 Å². The predicted molar refractivity (Wildman–Crippen MR) is 77.9 cm³/mol. The highest BCUT2D eigenvalue weighted by Crippen LogP contribution is 2.15. The monoisotopic (exact) mass is 300 g/mol. The lowest BCUT2D eigenvalue weighted by Gasteiger charge is -2.29. The number of aliphatic hydroxyl groups excluding tert-OH is 2. The molecule has 0 saturated heterocycles. The number of amides is 1. The van der Waals surface area contributed by atoms with E-state index >= 15 is 0 Å². The lowest BCUT2D eigenvalue weighted by molar-refractivity contribution is 0.0653. The standard InChI is InChI=1S/C14H21ClN2O3/c1-3-5-11-6-10(7-12(15)16-11)13(20)17-14(4-2,8-18)9-19/h6-7,18-19H,3-5,8-9H2,1-2H3,(H,17,20). The number of carbonyl (C=O) groups excluding carboxylic acids is 1. The number of rotatable bonds is 7. The van der Waals surface area contributed by atoms with Crippen LogP contribution in [0.5, 0.6) is 0 Å². The van der Waals surface area contributed by atoms with Crippen LogP contribution in [0.25, 0.3) is 0 Å². The molecule has 1 aromatic rings. The van der Waals surface area contributed by atoms with E-state index in [0.717, 1.165) is 18.5 Å². The van der Waals surface area contributed by atoms with Gasteiger partial charge in [-0.25, -0.2) is 4.98 Å². The number of nitrogens with zero attached hydrogens (tertiary/aromatic N) is 1. The Bertz CT molecular complexity index is 453. The van der Waals surface area contributed by atoms with E-state index in [1.807, 2.05) is 6.92 Å². The molecule has 0 atom stereocenters. The molecule has 6 heteroatoms. The van der Waals surface area contributed by atoms with Gasteiger partial charge in [-0.05, 0) is 25.0 Å². The minimum atomic E-state index is -1.02. The molecule has 112 valence electrons. The van der Waals surface area contributed by atoms with E-state index in [-0.39, 0.29) is 24.3 Å². The SMILES string of the molecule is CCCc1cc(C(=O)NC(CC)(CO)CO)cc(Cl)n1. The van der Waals surface area contributed by atoms with Crippen molar-refractivity contribution in [2.24, 2.45) is 0 Å². The largest absolute Gasteiger partial charge is 0.394 e. The number of aromatic nitrogens is 1. The van der Waals surface area contributed by atoms with Gasteiger partial charge in [0.25, 0.3) is 5.91 Å². The van der Waals surface area contributed by atoms with Crippen molar-refractivity contribution >= 4 is 17.5 Å². The second kappa shape index (κ2) is 7.57. The van der Waals surface area contributed by atoms with Gasteiger partial charge >= 0.3 is 0 Å². The van der Waals surface area contributed by atoms with Gasteiger partial charge in [-0.1, -0.05) is 31.9 Å². The van der Waals surface area contributed by atoms with Gasteiger partial charge in [0.15, 0.2) is 0 Å². The molecule has 3 N–H and O–H groups in total. The number of hydrogen-bond acceptors (Lipinski definition) is 4. The smallest absolute Gasteiger partial charge is 0.252 e. The van der Waals surface area contributed by atoms with Gasteiger partial charge in [-0.3, -0.25) is 4.79 Å². The fourth-order valence-corrected chi connectivity index (χ4v) is 2.05. The van der Waals surface area contributed by atoms with E-state index in [1.54, 1.807) is 13.0 Å². The zero-order valence-electron chi connectivity index (χ0n) is 11.8. The molecule has 0 saturated carbocycles. The summed E-state index contributed by atoms with van der Waals surface area (Å²) < 4.78 is 0. The maximum absolute atomic E-state index is 12.2. The summed E-state index contributed by atoms with van der Waals surface area (Å²) in [5.41, 5.74) is 0.117. The first kappa shape index (κ1) is 16.9. The van der Waals surface area contributed by atoms with Crippen LogP contribution in [-0.2, 0) is 6.42 Å². The number of aryl methyl sites for hydroxylation is 1. The van der Waals surface area contributed by atoms with Crippen LogP contribution >= 0.6 is 11.6 Å². The lowest BCUT2D eigenvalue weighted by atomic mass is 9.98. The van der Waals surface area contributed by atoms with Gasteiger partial charge in [-0.15, -0.1) is 0 Å². The van der Waals surface area contributed by atoms with Crippen LogP contribution in [0.4, 0.5) is 0 Å². The normalized spacial score (nSPS) is 11.4. The van der Waals surface area contributed by atoms with Gasteiger partial charge in [-0.2, -0.15) is 0 Å². The topological polar surface area (TPSA) is 82.5 Å². The zero-order chi connectivity index (χ0) is 15.2. The van der Waals surface area contributed by atoms with Crippen molar-refractivity contribution in [1.82, 2.24) is 10.3 Å². The van der Waals surface area contributed by atoms with Crippen LogP contribution in [-0.4, -0.2) is 39.9 Å². The van der Waals surface area contributed by atoms with Crippen molar-refractivity contribution in [2.75, 3.05) is 13.2 Å². The van der Waals surface area contributed by atoms with Crippen LogP contribution in [0.15, 0.2) is 12.1 Å². The number of aliphatic hydroxyl groups is 2. The summed E-state index contributed by atoms with van der Waals surface area (Å²) >= 11 is 5.91. The quantitative estimate of drug-likeness (QED) is 0.667. The summed E-state index contributed by atoms with van der Waals surface area (Å²) in [6.45, 7) is 3.15. The highest BCUT2D eigenvalue weighted by Gasteiger charge is 2.29. The van der Waals surface area contributed by atoms with Crippen molar-refractivity contribution in [3.63, 3.8) is 0 Å². The molecule has 20 heavy (non-hydrogen) atoms. The Morgan fingerprint density at radius 1 is 1.35 bits per heavy atom. The molecule has 1 amide bonds. The summed E-state index contributed by atoms with van der Waals surface area (Å²) in [6, 6.07) is 3.16. The minimum Gasteiger partial charge on any atom is -0.394 e. The number of pyridine rings is 1. The lowest BCUT2D eigenvalue weighted by Crippen LogP contribution is -2.53. The molecule has 0 unspecified atom stereocenters. The molecule has 0 aliphatic heterocycles. The average Bonchev–Trinajstić information content (AvgIpc) is 2.44. The Labute approximate surface area is 124 Å². The van der Waals surface area contributed by atoms with Crippen LogP contribution in [0, 0.1) is 0 Å². The van der Waals surface area contributed by atoms with E-state index in [0.29, 0.717) is 12.0 Å². The Morgan fingerprint density at radius 2 is 2.00 bits per heavy atom. The first-order chi connectivity index (χ1) is 9.50. The number of halogens is 1. The third-order valence-corrected chi connectivity index (χ3v) is 3.47. The molecule has 1 heterocycles. The minimum absolute atomic E-state index is 0.260. The van der Waals surface area contributed by atoms with Crippen molar-refractivity contribution < 1.29 is 15.0 Å². The molecule has 0 aliphatic carbocycles. The molecule has 0 aliphatic rings. The summed E-state index contributed by atoms with van der Waals surface area (Å²) in [5.74, 6) is -0.378. The fraction of sp³-hybridized carbons (Fsp3) is 0.571. The molecule has 0 aromatic carbocycles. The van der Waals surface area contributed by atoms with Crippen LogP contribution in [0.2, 0.25) is 5.15 Å². The van der Waals surface area contributed by atoms with Crippen molar-refractivity contribution in [3.05, 3.63) is 28.5 Å². The van der Waals surface area contributed by atoms with Crippen LogP contribution in [0.1, 0.15) is 42.7 Å². The number of nitrogens with one attached hydrogen (secondary N) is 1. The summed E-state index contributed by atoms with van der Waals surface area (Å²) in [4.78, 5) is 16.4. The molecular weight excluding hydrogens is 280 g/mol. The van der Waals surface area contributed by atoms with Crippen molar-refractivity contribution in [1.29, 1.82) is 0 Å². The zero-order valence-corrected chi connectivity index (χ0v) is 12.6. The Hall–Kier alpha value is -1.17. The highest BCUT2D eigenvalue weighted by molar-refractivity contribution is 6.29. The third kappa shape index (κ3) is 4.16. The molecule has 1 aromatic heterocycles. The second-order valence-electron chi connectivity index (χ2n) is 4.82. The third-order valence-electron chi connectivity index (χ3n) is 3.28. The fourth-order valence-electron chi connectivity index (χ4n) is 1.82. The van der Waals surface area contributed by atoms with Gasteiger partial charge in [0.05, 0.1) is 18.8 Å². The van der Waals surface area contributed by atoms with E-state index in [9.17, 15) is 15.0 Å². The molecule has 0 fully saturated rings. The average molecular weight is 301 g/mol. The summed E-state index contributed by atoms with van der Waals surface area (Å²) in [7, 11) is 0. The van der Waals surface area contributed by atoms with E-state index in [4.69, 9.17) is 11.6 Å². The maximum atomic E-state index is 12.2. The predicted octanol–water partition coefficient (Wildman–Crippen LogP) is 1.55. The molecule has 0 bridgehead atoms.